The minimum atomic E-state index is 0.888. The van der Waals surface area contributed by atoms with Crippen LogP contribution in [0.15, 0.2) is 12.7 Å². The summed E-state index contributed by atoms with van der Waals surface area (Å²) in [5, 5.41) is 0. The van der Waals surface area contributed by atoms with E-state index >= 15 is 0 Å². The first-order chi connectivity index (χ1) is 10.4. The van der Waals surface area contributed by atoms with Crippen molar-refractivity contribution in [2.24, 2.45) is 11.8 Å². The standard InChI is InChI=1S/C20H36B/c1-2-13-18-14-11-7-8-12-17-21-20(18)19-15-9-5-3-4-6-10-16-19/h2,18-20H,1,3-17H2. The van der Waals surface area contributed by atoms with Crippen molar-refractivity contribution in [3.05, 3.63) is 12.7 Å². The van der Waals surface area contributed by atoms with Gasteiger partial charge in [-0.3, -0.25) is 0 Å². The van der Waals surface area contributed by atoms with Gasteiger partial charge in [0.15, 0.2) is 0 Å². The molecular weight excluding hydrogens is 251 g/mol. The molecule has 0 aromatic heterocycles. The average Bonchev–Trinajstić information content (AvgIpc) is 2.69. The molecule has 0 spiro atoms. The molecule has 1 aliphatic carbocycles. The van der Waals surface area contributed by atoms with Crippen molar-refractivity contribution in [3.8, 4) is 0 Å². The first kappa shape index (κ1) is 17.2. The fraction of sp³-hybridized carbons (Fsp3) is 0.900. The van der Waals surface area contributed by atoms with Crippen molar-refractivity contribution >= 4 is 7.28 Å². The molecule has 2 aliphatic rings. The summed E-state index contributed by atoms with van der Waals surface area (Å²) in [6.07, 6.45) is 23.9. The fourth-order valence-electron chi connectivity index (χ4n) is 4.72. The number of allylic oxidation sites excluding steroid dienone is 1. The second kappa shape index (κ2) is 10.5. The van der Waals surface area contributed by atoms with E-state index in [-0.39, 0.29) is 0 Å². The minimum Gasteiger partial charge on any atom is -0.103 e. The van der Waals surface area contributed by atoms with Crippen LogP contribution in [0.25, 0.3) is 0 Å². The molecular formula is C20H36B. The van der Waals surface area contributed by atoms with Gasteiger partial charge in [0, 0.05) is 0 Å². The summed E-state index contributed by atoms with van der Waals surface area (Å²) >= 11 is 0. The predicted octanol–water partition coefficient (Wildman–Crippen LogP) is 6.80. The van der Waals surface area contributed by atoms with Gasteiger partial charge in [-0.15, -0.1) is 6.58 Å². The van der Waals surface area contributed by atoms with Crippen molar-refractivity contribution in [1.82, 2.24) is 0 Å². The van der Waals surface area contributed by atoms with E-state index in [1.807, 2.05) is 0 Å². The van der Waals surface area contributed by atoms with Gasteiger partial charge in [-0.05, 0) is 18.3 Å². The lowest BCUT2D eigenvalue weighted by molar-refractivity contribution is 0.308. The SMILES string of the molecule is C=CCC1CCCCCC[B]C1C1CCCCCCCC1. The quantitative estimate of drug-likeness (QED) is 0.395. The van der Waals surface area contributed by atoms with E-state index in [9.17, 15) is 0 Å². The summed E-state index contributed by atoms with van der Waals surface area (Å²) in [7, 11) is 2.75. The normalized spacial score (nSPS) is 30.7. The molecule has 1 heteroatoms. The monoisotopic (exact) mass is 287 g/mol. The Labute approximate surface area is 134 Å². The van der Waals surface area contributed by atoms with E-state index in [0.717, 1.165) is 17.7 Å². The molecule has 1 saturated heterocycles. The summed E-state index contributed by atoms with van der Waals surface area (Å²) in [6.45, 7) is 4.05. The van der Waals surface area contributed by atoms with Crippen LogP contribution in [0, 0.1) is 11.8 Å². The number of hydrogen-bond donors (Lipinski definition) is 0. The van der Waals surface area contributed by atoms with Crippen LogP contribution < -0.4 is 0 Å². The first-order valence-electron chi connectivity index (χ1n) is 9.86. The Morgan fingerprint density at radius 3 is 2.00 bits per heavy atom. The maximum atomic E-state index is 4.05. The third-order valence-electron chi connectivity index (χ3n) is 5.93. The maximum Gasteiger partial charge on any atom is 0.114 e. The lowest BCUT2D eigenvalue weighted by Gasteiger charge is -2.33. The minimum absolute atomic E-state index is 0.888. The summed E-state index contributed by atoms with van der Waals surface area (Å²) < 4.78 is 0. The molecule has 0 nitrogen and oxygen atoms in total. The molecule has 0 aromatic carbocycles. The smallest absolute Gasteiger partial charge is 0.103 e. The highest BCUT2D eigenvalue weighted by molar-refractivity contribution is 6.37. The highest BCUT2D eigenvalue weighted by Crippen LogP contribution is 2.41. The maximum absolute atomic E-state index is 4.05. The molecule has 1 radical (unpaired) electrons. The van der Waals surface area contributed by atoms with Crippen LogP contribution in [-0.4, -0.2) is 7.28 Å². The highest BCUT2D eigenvalue weighted by atomic mass is 14.3. The van der Waals surface area contributed by atoms with Crippen molar-refractivity contribution in [3.63, 3.8) is 0 Å². The number of rotatable bonds is 3. The molecule has 119 valence electrons. The lowest BCUT2D eigenvalue weighted by atomic mass is 9.50. The Hall–Kier alpha value is -0.195. The van der Waals surface area contributed by atoms with E-state index in [4.69, 9.17) is 0 Å². The summed E-state index contributed by atoms with van der Waals surface area (Å²) in [6, 6.07) is 0. The van der Waals surface area contributed by atoms with E-state index in [1.165, 1.54) is 96.2 Å². The predicted molar refractivity (Wildman–Crippen MR) is 96.1 cm³/mol. The third kappa shape index (κ3) is 6.21. The molecule has 0 N–H and O–H groups in total. The zero-order valence-corrected chi connectivity index (χ0v) is 14.2. The van der Waals surface area contributed by atoms with Gasteiger partial charge >= 0.3 is 0 Å². The topological polar surface area (TPSA) is 0 Å². The van der Waals surface area contributed by atoms with Crippen LogP contribution in [0.5, 0.6) is 0 Å². The zero-order chi connectivity index (χ0) is 14.8. The van der Waals surface area contributed by atoms with Gasteiger partial charge in [0.2, 0.25) is 0 Å². The van der Waals surface area contributed by atoms with Crippen LogP contribution in [0.4, 0.5) is 0 Å². The van der Waals surface area contributed by atoms with Gasteiger partial charge in [-0.2, -0.15) is 0 Å². The summed E-state index contributed by atoms with van der Waals surface area (Å²) in [5.41, 5.74) is 0. The summed E-state index contributed by atoms with van der Waals surface area (Å²) in [5.74, 6) is 2.76. The van der Waals surface area contributed by atoms with E-state index in [0.29, 0.717) is 0 Å². The van der Waals surface area contributed by atoms with E-state index in [2.05, 4.69) is 19.9 Å². The molecule has 1 aliphatic heterocycles. The van der Waals surface area contributed by atoms with Gasteiger partial charge in [-0.1, -0.05) is 102 Å². The zero-order valence-electron chi connectivity index (χ0n) is 14.2. The van der Waals surface area contributed by atoms with Crippen molar-refractivity contribution in [2.75, 3.05) is 0 Å². The summed E-state index contributed by atoms with van der Waals surface area (Å²) in [4.78, 5) is 0. The second-order valence-corrected chi connectivity index (χ2v) is 7.55. The van der Waals surface area contributed by atoms with Crippen LogP contribution in [0.3, 0.4) is 0 Å². The van der Waals surface area contributed by atoms with Crippen LogP contribution >= 0.6 is 0 Å². The van der Waals surface area contributed by atoms with Crippen LogP contribution in [0.1, 0.15) is 89.9 Å². The average molecular weight is 287 g/mol. The Kier molecular flexibility index (Phi) is 8.60. The third-order valence-corrected chi connectivity index (χ3v) is 5.93. The molecule has 0 amide bonds. The van der Waals surface area contributed by atoms with Crippen LogP contribution in [0.2, 0.25) is 12.1 Å². The molecule has 0 aromatic rings. The van der Waals surface area contributed by atoms with Crippen LogP contribution in [-0.2, 0) is 0 Å². The van der Waals surface area contributed by atoms with Crippen molar-refractivity contribution in [1.29, 1.82) is 0 Å². The molecule has 2 unspecified atom stereocenters. The Bertz CT molecular complexity index is 263. The molecule has 1 saturated carbocycles. The highest BCUT2D eigenvalue weighted by Gasteiger charge is 2.29. The Morgan fingerprint density at radius 2 is 1.33 bits per heavy atom. The molecule has 21 heavy (non-hydrogen) atoms. The molecule has 2 atom stereocenters. The van der Waals surface area contributed by atoms with Crippen molar-refractivity contribution < 1.29 is 0 Å². The van der Waals surface area contributed by atoms with E-state index < -0.39 is 0 Å². The molecule has 2 rings (SSSR count). The van der Waals surface area contributed by atoms with Gasteiger partial charge in [0.25, 0.3) is 0 Å². The lowest BCUT2D eigenvalue weighted by Crippen LogP contribution is -2.23. The second-order valence-electron chi connectivity index (χ2n) is 7.55. The molecule has 2 fully saturated rings. The van der Waals surface area contributed by atoms with Crippen molar-refractivity contribution in [2.45, 2.75) is 102 Å². The Morgan fingerprint density at radius 1 is 0.762 bits per heavy atom. The van der Waals surface area contributed by atoms with Gasteiger partial charge in [-0.25, -0.2) is 0 Å². The molecule has 1 heterocycles. The molecule has 0 bridgehead atoms. The number of hydrogen-bond acceptors (Lipinski definition) is 0. The fourth-order valence-corrected chi connectivity index (χ4v) is 4.72. The van der Waals surface area contributed by atoms with Gasteiger partial charge < -0.3 is 0 Å². The van der Waals surface area contributed by atoms with Gasteiger partial charge in [0.1, 0.15) is 7.28 Å². The van der Waals surface area contributed by atoms with Gasteiger partial charge in [0.05, 0.1) is 0 Å². The first-order valence-corrected chi connectivity index (χ1v) is 9.86. The Balaban J connectivity index is 2.01. The van der Waals surface area contributed by atoms with E-state index in [1.54, 1.807) is 0 Å². The largest absolute Gasteiger partial charge is 0.114 e.